The zero-order valence-electron chi connectivity index (χ0n) is 16.6. The Hall–Kier alpha value is -2.36. The molecule has 0 aliphatic rings. The van der Waals surface area contributed by atoms with Crippen LogP contribution < -0.4 is 19.5 Å². The van der Waals surface area contributed by atoms with Crippen molar-refractivity contribution in [2.24, 2.45) is 4.99 Å². The summed E-state index contributed by atoms with van der Waals surface area (Å²) in [4.78, 5) is 6.23. The number of phenols is 1. The molecule has 154 valence electrons. The van der Waals surface area contributed by atoms with Crippen molar-refractivity contribution in [3.8, 4) is 23.0 Å². The average molecular weight is 501 g/mol. The lowest BCUT2D eigenvalue weighted by molar-refractivity contribution is 0.281. The summed E-state index contributed by atoms with van der Waals surface area (Å²) in [6.07, 6.45) is 0. The minimum absolute atomic E-state index is 0. The zero-order chi connectivity index (χ0) is 19.6. The van der Waals surface area contributed by atoms with Crippen LogP contribution in [0.1, 0.15) is 5.56 Å². The molecule has 0 spiro atoms. The third-order valence-electron chi connectivity index (χ3n) is 4.05. The summed E-state index contributed by atoms with van der Waals surface area (Å²) in [5.74, 6) is 3.19. The van der Waals surface area contributed by atoms with Crippen molar-refractivity contribution in [1.29, 1.82) is 0 Å². The molecule has 8 heteroatoms. The number of benzene rings is 2. The van der Waals surface area contributed by atoms with Crippen LogP contribution in [-0.4, -0.2) is 57.4 Å². The number of rotatable bonds is 8. The number of nitrogens with zero attached hydrogens (tertiary/aromatic N) is 2. The van der Waals surface area contributed by atoms with Gasteiger partial charge in [0.2, 0.25) is 0 Å². The predicted octanol–water partition coefficient (Wildman–Crippen LogP) is 3.11. The van der Waals surface area contributed by atoms with Gasteiger partial charge in [-0.25, -0.2) is 0 Å². The number of nitrogens with one attached hydrogen (secondary N) is 1. The third kappa shape index (κ3) is 6.99. The van der Waals surface area contributed by atoms with Crippen molar-refractivity contribution >= 4 is 29.9 Å². The predicted molar refractivity (Wildman–Crippen MR) is 121 cm³/mol. The fourth-order valence-corrected chi connectivity index (χ4v) is 2.47. The Bertz CT molecular complexity index is 754. The van der Waals surface area contributed by atoms with Gasteiger partial charge >= 0.3 is 0 Å². The Kier molecular flexibility index (Phi) is 10.3. The number of phenolic OH excluding ortho intramolecular Hbond substituents is 1. The first-order chi connectivity index (χ1) is 13.1. The Morgan fingerprint density at radius 3 is 2.25 bits per heavy atom. The van der Waals surface area contributed by atoms with E-state index in [1.807, 2.05) is 36.2 Å². The van der Waals surface area contributed by atoms with Crippen LogP contribution in [0, 0.1) is 0 Å². The standard InChI is InChI=1S/C20H27N3O4.HI/c1-21-20(22-14-15-13-18(26-4)9-10-19(15)24)23(2)11-12-27-17-7-5-16(25-3)6-8-17;/h5-10,13,24H,11-12,14H2,1-4H3,(H,21,22);1H. The molecule has 0 amide bonds. The van der Waals surface area contributed by atoms with E-state index in [0.29, 0.717) is 31.4 Å². The van der Waals surface area contributed by atoms with Gasteiger partial charge in [-0.15, -0.1) is 24.0 Å². The SMILES string of the molecule is CN=C(NCc1cc(OC)ccc1O)N(C)CCOc1ccc(OC)cc1.I. The molecule has 0 bridgehead atoms. The summed E-state index contributed by atoms with van der Waals surface area (Å²) in [5.41, 5.74) is 0.735. The highest BCUT2D eigenvalue weighted by atomic mass is 127. The van der Waals surface area contributed by atoms with Crippen molar-refractivity contribution in [3.05, 3.63) is 48.0 Å². The lowest BCUT2D eigenvalue weighted by Crippen LogP contribution is -2.40. The smallest absolute Gasteiger partial charge is 0.193 e. The molecule has 0 fully saturated rings. The fourth-order valence-electron chi connectivity index (χ4n) is 2.47. The van der Waals surface area contributed by atoms with E-state index < -0.39 is 0 Å². The van der Waals surface area contributed by atoms with E-state index in [2.05, 4.69) is 10.3 Å². The molecule has 0 atom stereocenters. The van der Waals surface area contributed by atoms with Crippen LogP contribution in [0.3, 0.4) is 0 Å². The summed E-state index contributed by atoms with van der Waals surface area (Å²) in [7, 11) is 6.88. The highest BCUT2D eigenvalue weighted by molar-refractivity contribution is 14.0. The van der Waals surface area contributed by atoms with Gasteiger partial charge in [0.05, 0.1) is 20.8 Å². The highest BCUT2D eigenvalue weighted by Crippen LogP contribution is 2.22. The first kappa shape index (κ1) is 23.7. The van der Waals surface area contributed by atoms with Gasteiger partial charge in [-0.2, -0.15) is 0 Å². The second-order valence-corrected chi connectivity index (χ2v) is 5.84. The third-order valence-corrected chi connectivity index (χ3v) is 4.05. The molecule has 0 radical (unpaired) electrons. The van der Waals surface area contributed by atoms with Crippen molar-refractivity contribution in [2.75, 3.05) is 41.5 Å². The molecular weight excluding hydrogens is 473 g/mol. The van der Waals surface area contributed by atoms with Gasteiger partial charge in [-0.1, -0.05) is 0 Å². The second kappa shape index (κ2) is 12.2. The molecule has 0 heterocycles. The molecule has 7 nitrogen and oxygen atoms in total. The number of methoxy groups -OCH3 is 2. The number of hydrogen-bond acceptors (Lipinski definition) is 5. The molecule has 2 aromatic carbocycles. The molecule has 2 aromatic rings. The number of guanidine groups is 1. The normalized spacial score (nSPS) is 10.6. The van der Waals surface area contributed by atoms with Crippen molar-refractivity contribution < 1.29 is 19.3 Å². The minimum Gasteiger partial charge on any atom is -0.508 e. The monoisotopic (exact) mass is 501 g/mol. The summed E-state index contributed by atoms with van der Waals surface area (Å²) < 4.78 is 16.1. The van der Waals surface area contributed by atoms with Crippen LogP contribution in [0.4, 0.5) is 0 Å². The molecule has 0 unspecified atom stereocenters. The van der Waals surface area contributed by atoms with Crippen LogP contribution in [-0.2, 0) is 6.54 Å². The minimum atomic E-state index is 0. The number of ether oxygens (including phenoxy) is 3. The number of aromatic hydroxyl groups is 1. The second-order valence-electron chi connectivity index (χ2n) is 5.84. The summed E-state index contributed by atoms with van der Waals surface area (Å²) in [6.45, 7) is 1.59. The molecule has 0 aliphatic carbocycles. The molecule has 2 N–H and O–H groups in total. The Morgan fingerprint density at radius 1 is 1.04 bits per heavy atom. The van der Waals surface area contributed by atoms with Crippen molar-refractivity contribution in [1.82, 2.24) is 10.2 Å². The Labute approximate surface area is 183 Å². The Balaban J connectivity index is 0.00000392. The van der Waals surface area contributed by atoms with E-state index in [1.54, 1.807) is 39.5 Å². The molecule has 0 saturated heterocycles. The van der Waals surface area contributed by atoms with Crippen molar-refractivity contribution in [2.45, 2.75) is 6.54 Å². The van der Waals surface area contributed by atoms with Crippen LogP contribution in [0.5, 0.6) is 23.0 Å². The summed E-state index contributed by atoms with van der Waals surface area (Å²) in [5, 5.41) is 13.2. The van der Waals surface area contributed by atoms with Gasteiger partial charge in [-0.05, 0) is 42.5 Å². The van der Waals surface area contributed by atoms with Crippen LogP contribution >= 0.6 is 24.0 Å². The number of hydrogen-bond donors (Lipinski definition) is 2. The topological polar surface area (TPSA) is 75.6 Å². The zero-order valence-corrected chi connectivity index (χ0v) is 19.0. The summed E-state index contributed by atoms with van der Waals surface area (Å²) in [6, 6.07) is 12.6. The van der Waals surface area contributed by atoms with Crippen LogP contribution in [0.25, 0.3) is 0 Å². The van der Waals surface area contributed by atoms with E-state index in [4.69, 9.17) is 14.2 Å². The average Bonchev–Trinajstić information content (AvgIpc) is 2.70. The van der Waals surface area contributed by atoms with Crippen molar-refractivity contribution in [3.63, 3.8) is 0 Å². The number of halogens is 1. The molecular formula is C20H28IN3O4. The Morgan fingerprint density at radius 2 is 1.64 bits per heavy atom. The molecule has 0 saturated carbocycles. The molecule has 0 aromatic heterocycles. The van der Waals surface area contributed by atoms with E-state index in [-0.39, 0.29) is 29.7 Å². The lowest BCUT2D eigenvalue weighted by atomic mass is 10.2. The highest BCUT2D eigenvalue weighted by Gasteiger charge is 2.09. The van der Waals surface area contributed by atoms with E-state index in [0.717, 1.165) is 17.1 Å². The number of aliphatic imine (C=N–C) groups is 1. The largest absolute Gasteiger partial charge is 0.508 e. The van der Waals surface area contributed by atoms with Gasteiger partial charge in [-0.3, -0.25) is 4.99 Å². The maximum atomic E-state index is 9.98. The van der Waals surface area contributed by atoms with E-state index in [1.165, 1.54) is 0 Å². The molecule has 0 aliphatic heterocycles. The first-order valence-corrected chi connectivity index (χ1v) is 8.62. The maximum absolute atomic E-state index is 9.98. The first-order valence-electron chi connectivity index (χ1n) is 8.62. The maximum Gasteiger partial charge on any atom is 0.193 e. The van der Waals surface area contributed by atoms with Gasteiger partial charge < -0.3 is 29.5 Å². The fraction of sp³-hybridized carbons (Fsp3) is 0.350. The van der Waals surface area contributed by atoms with Gasteiger partial charge in [0.25, 0.3) is 0 Å². The number of likely N-dealkylation sites (N-methyl/N-ethyl adjacent to an activating group) is 1. The quantitative estimate of drug-likeness (QED) is 0.329. The van der Waals surface area contributed by atoms with Crippen LogP contribution in [0.2, 0.25) is 0 Å². The summed E-state index contributed by atoms with van der Waals surface area (Å²) >= 11 is 0. The molecule has 28 heavy (non-hydrogen) atoms. The molecule has 2 rings (SSSR count). The van der Waals surface area contributed by atoms with E-state index in [9.17, 15) is 5.11 Å². The lowest BCUT2D eigenvalue weighted by Gasteiger charge is -2.22. The van der Waals surface area contributed by atoms with E-state index >= 15 is 0 Å². The van der Waals surface area contributed by atoms with Gasteiger partial charge in [0, 0.05) is 26.2 Å². The van der Waals surface area contributed by atoms with Gasteiger partial charge in [0.15, 0.2) is 5.96 Å². The van der Waals surface area contributed by atoms with Crippen LogP contribution in [0.15, 0.2) is 47.5 Å². The van der Waals surface area contributed by atoms with Gasteiger partial charge in [0.1, 0.15) is 29.6 Å².